The molecule has 2 aliphatic carbocycles. The van der Waals surface area contributed by atoms with E-state index in [9.17, 15) is 4.79 Å². The average molecular weight is 297 g/mol. The topological polar surface area (TPSA) is 47.6 Å². The fraction of sp³-hybridized carbons (Fsp3) is 0.941. The number of ether oxygens (including phenoxy) is 2. The molecule has 0 saturated heterocycles. The first-order valence-corrected chi connectivity index (χ1v) is 8.68. The Balaban J connectivity index is 1.89. The zero-order valence-electron chi connectivity index (χ0n) is 13.7. The monoisotopic (exact) mass is 297 g/mol. The lowest BCUT2D eigenvalue weighted by Gasteiger charge is -2.34. The fourth-order valence-electron chi connectivity index (χ4n) is 4.00. The van der Waals surface area contributed by atoms with E-state index in [1.54, 1.807) is 0 Å². The molecule has 2 unspecified atom stereocenters. The van der Waals surface area contributed by atoms with E-state index in [1.807, 2.05) is 0 Å². The summed E-state index contributed by atoms with van der Waals surface area (Å²) >= 11 is 0. The van der Waals surface area contributed by atoms with E-state index in [0.717, 1.165) is 45.3 Å². The summed E-state index contributed by atoms with van der Waals surface area (Å²) in [7, 11) is 1.50. The molecule has 0 aromatic heterocycles. The first-order valence-electron chi connectivity index (χ1n) is 8.68. The largest absolute Gasteiger partial charge is 0.468 e. The number of esters is 1. The Morgan fingerprint density at radius 2 is 2.00 bits per heavy atom. The summed E-state index contributed by atoms with van der Waals surface area (Å²) in [5.41, 5.74) is -0.468. The summed E-state index contributed by atoms with van der Waals surface area (Å²) in [6, 6.07) is 0. The van der Waals surface area contributed by atoms with E-state index in [-0.39, 0.29) is 5.97 Å². The van der Waals surface area contributed by atoms with Crippen LogP contribution >= 0.6 is 0 Å². The van der Waals surface area contributed by atoms with Crippen LogP contribution in [-0.4, -0.2) is 37.9 Å². The number of hydrogen-bond acceptors (Lipinski definition) is 4. The van der Waals surface area contributed by atoms with Gasteiger partial charge in [0.25, 0.3) is 0 Å². The number of rotatable bonds is 8. The Morgan fingerprint density at radius 3 is 2.67 bits per heavy atom. The SMILES string of the molecule is CCCNC1(C(=O)OC)CCCC1CCOC1CCCC1. The van der Waals surface area contributed by atoms with Gasteiger partial charge in [-0.1, -0.05) is 26.2 Å². The lowest BCUT2D eigenvalue weighted by Crippen LogP contribution is -2.55. The molecule has 0 aromatic carbocycles. The number of hydrogen-bond donors (Lipinski definition) is 1. The van der Waals surface area contributed by atoms with Gasteiger partial charge in [0.15, 0.2) is 0 Å². The van der Waals surface area contributed by atoms with Gasteiger partial charge >= 0.3 is 5.97 Å². The maximum Gasteiger partial charge on any atom is 0.326 e. The van der Waals surface area contributed by atoms with Gasteiger partial charge in [-0.05, 0) is 51.0 Å². The van der Waals surface area contributed by atoms with Crippen molar-refractivity contribution in [2.24, 2.45) is 5.92 Å². The summed E-state index contributed by atoms with van der Waals surface area (Å²) in [6.45, 7) is 3.78. The van der Waals surface area contributed by atoms with Crippen LogP contribution in [0.2, 0.25) is 0 Å². The van der Waals surface area contributed by atoms with Gasteiger partial charge in [0, 0.05) is 6.61 Å². The number of carbonyl (C=O) groups excluding carboxylic acids is 1. The zero-order chi connectivity index (χ0) is 15.1. The summed E-state index contributed by atoms with van der Waals surface area (Å²) in [6.07, 6.45) is 10.6. The quantitative estimate of drug-likeness (QED) is 0.700. The maximum absolute atomic E-state index is 12.3. The second-order valence-corrected chi connectivity index (χ2v) is 6.54. The molecule has 4 nitrogen and oxygen atoms in total. The molecule has 0 bridgehead atoms. The van der Waals surface area contributed by atoms with E-state index < -0.39 is 5.54 Å². The predicted octanol–water partition coefficient (Wildman–Crippen LogP) is 3.05. The van der Waals surface area contributed by atoms with E-state index in [0.29, 0.717) is 12.0 Å². The minimum Gasteiger partial charge on any atom is -0.468 e. The second-order valence-electron chi connectivity index (χ2n) is 6.54. The third-order valence-corrected chi connectivity index (χ3v) is 5.18. The molecule has 0 spiro atoms. The molecular weight excluding hydrogens is 266 g/mol. The van der Waals surface area contributed by atoms with Crippen LogP contribution in [0, 0.1) is 5.92 Å². The Morgan fingerprint density at radius 1 is 1.24 bits per heavy atom. The van der Waals surface area contributed by atoms with Crippen LogP contribution in [0.3, 0.4) is 0 Å². The standard InChI is InChI=1S/C17H31NO3/c1-3-12-18-17(16(19)20-2)11-6-7-14(17)10-13-21-15-8-4-5-9-15/h14-15,18H,3-13H2,1-2H3. The van der Waals surface area contributed by atoms with Crippen molar-refractivity contribution in [2.75, 3.05) is 20.3 Å². The van der Waals surface area contributed by atoms with Crippen LogP contribution < -0.4 is 5.32 Å². The van der Waals surface area contributed by atoms with E-state index >= 15 is 0 Å². The van der Waals surface area contributed by atoms with Crippen LogP contribution in [0.1, 0.15) is 64.7 Å². The molecule has 2 fully saturated rings. The third-order valence-electron chi connectivity index (χ3n) is 5.18. The minimum atomic E-state index is -0.468. The Kier molecular flexibility index (Phi) is 6.49. The van der Waals surface area contributed by atoms with Crippen molar-refractivity contribution in [1.29, 1.82) is 0 Å². The van der Waals surface area contributed by atoms with Crippen LogP contribution in [0.4, 0.5) is 0 Å². The van der Waals surface area contributed by atoms with E-state index in [2.05, 4.69) is 12.2 Å². The van der Waals surface area contributed by atoms with Crippen molar-refractivity contribution in [3.63, 3.8) is 0 Å². The molecule has 2 atom stereocenters. The Labute approximate surface area is 129 Å². The molecule has 0 heterocycles. The highest BCUT2D eigenvalue weighted by molar-refractivity contribution is 5.81. The van der Waals surface area contributed by atoms with Gasteiger partial charge in [-0.15, -0.1) is 0 Å². The van der Waals surface area contributed by atoms with Gasteiger partial charge in [0.05, 0.1) is 13.2 Å². The molecule has 0 amide bonds. The fourth-order valence-corrected chi connectivity index (χ4v) is 4.00. The molecule has 0 aliphatic heterocycles. The van der Waals surface area contributed by atoms with E-state index in [4.69, 9.17) is 9.47 Å². The van der Waals surface area contributed by atoms with Crippen molar-refractivity contribution < 1.29 is 14.3 Å². The highest BCUT2D eigenvalue weighted by Gasteiger charge is 2.49. The van der Waals surface area contributed by atoms with Crippen molar-refractivity contribution in [3.8, 4) is 0 Å². The summed E-state index contributed by atoms with van der Waals surface area (Å²) in [5, 5.41) is 3.49. The lowest BCUT2D eigenvalue weighted by molar-refractivity contribution is -0.150. The molecule has 0 radical (unpaired) electrons. The lowest BCUT2D eigenvalue weighted by atomic mass is 9.84. The first-order chi connectivity index (χ1) is 10.2. The predicted molar refractivity (Wildman–Crippen MR) is 83.2 cm³/mol. The normalized spacial score (nSPS) is 29.9. The Bertz CT molecular complexity index is 328. The molecule has 4 heteroatoms. The average Bonchev–Trinajstić information content (AvgIpc) is 3.15. The highest BCUT2D eigenvalue weighted by Crippen LogP contribution is 2.39. The number of methoxy groups -OCH3 is 1. The Hall–Kier alpha value is -0.610. The van der Waals surface area contributed by atoms with Crippen molar-refractivity contribution in [3.05, 3.63) is 0 Å². The summed E-state index contributed by atoms with van der Waals surface area (Å²) < 4.78 is 11.1. The number of carbonyl (C=O) groups is 1. The van der Waals surface area contributed by atoms with Crippen molar-refractivity contribution >= 4 is 5.97 Å². The second kappa shape index (κ2) is 8.14. The summed E-state index contributed by atoms with van der Waals surface area (Å²) in [4.78, 5) is 12.3. The van der Waals surface area contributed by atoms with Crippen LogP contribution in [0.25, 0.3) is 0 Å². The molecular formula is C17H31NO3. The molecule has 2 rings (SSSR count). The molecule has 2 saturated carbocycles. The van der Waals surface area contributed by atoms with Crippen LogP contribution in [0.5, 0.6) is 0 Å². The van der Waals surface area contributed by atoms with Crippen LogP contribution in [0.15, 0.2) is 0 Å². The first kappa shape index (κ1) is 16.8. The van der Waals surface area contributed by atoms with Gasteiger partial charge in [-0.2, -0.15) is 0 Å². The molecule has 1 N–H and O–H groups in total. The van der Waals surface area contributed by atoms with Gasteiger partial charge in [-0.3, -0.25) is 4.79 Å². The maximum atomic E-state index is 12.3. The van der Waals surface area contributed by atoms with Crippen LogP contribution in [-0.2, 0) is 14.3 Å². The third kappa shape index (κ3) is 3.98. The zero-order valence-corrected chi connectivity index (χ0v) is 13.7. The van der Waals surface area contributed by atoms with E-state index in [1.165, 1.54) is 32.8 Å². The van der Waals surface area contributed by atoms with Gasteiger partial charge in [0.2, 0.25) is 0 Å². The highest BCUT2D eigenvalue weighted by atomic mass is 16.5. The molecule has 2 aliphatic rings. The smallest absolute Gasteiger partial charge is 0.326 e. The number of nitrogens with one attached hydrogen (secondary N) is 1. The molecule has 21 heavy (non-hydrogen) atoms. The summed E-state index contributed by atoms with van der Waals surface area (Å²) in [5.74, 6) is 0.261. The van der Waals surface area contributed by atoms with Gasteiger partial charge in [-0.25, -0.2) is 0 Å². The van der Waals surface area contributed by atoms with Crippen molar-refractivity contribution in [2.45, 2.75) is 76.4 Å². The molecule has 122 valence electrons. The van der Waals surface area contributed by atoms with Crippen molar-refractivity contribution in [1.82, 2.24) is 5.32 Å². The molecule has 0 aromatic rings. The van der Waals surface area contributed by atoms with Gasteiger partial charge < -0.3 is 14.8 Å². The minimum absolute atomic E-state index is 0.0840. The van der Waals surface area contributed by atoms with Gasteiger partial charge in [0.1, 0.15) is 5.54 Å².